The minimum atomic E-state index is 0.701. The molecular weight excluding hydrogens is 208 g/mol. The molecule has 0 bridgehead atoms. The Kier molecular flexibility index (Phi) is 3.37. The molecule has 0 aliphatic rings. The highest BCUT2D eigenvalue weighted by atomic mass is 32.1. The first-order valence-electron chi connectivity index (χ1n) is 4.81. The van der Waals surface area contributed by atoms with Crippen molar-refractivity contribution in [2.75, 3.05) is 6.54 Å². The number of rotatable bonds is 4. The lowest BCUT2D eigenvalue weighted by molar-refractivity contribution is 0.709. The Hall–Kier alpha value is -1.33. The van der Waals surface area contributed by atoms with Gasteiger partial charge in [-0.2, -0.15) is 0 Å². The number of nitrogens with one attached hydrogen (secondary N) is 1. The fraction of sp³-hybridized carbons (Fsp3) is 0.300. The van der Waals surface area contributed by atoms with Gasteiger partial charge in [-0.25, -0.2) is 15.0 Å². The average molecular weight is 220 g/mol. The molecule has 15 heavy (non-hydrogen) atoms. The smallest absolute Gasteiger partial charge is 0.179 e. The number of thiazole rings is 1. The van der Waals surface area contributed by atoms with Crippen molar-refractivity contribution >= 4 is 11.3 Å². The SMILES string of the molecule is CCNCc1ccnc(-c2cscn2)n1. The molecule has 2 aromatic rings. The molecule has 0 aliphatic carbocycles. The van der Waals surface area contributed by atoms with Gasteiger partial charge in [0, 0.05) is 18.1 Å². The third-order valence-corrected chi connectivity index (χ3v) is 2.52. The lowest BCUT2D eigenvalue weighted by atomic mass is 10.3. The topological polar surface area (TPSA) is 50.7 Å². The van der Waals surface area contributed by atoms with Crippen molar-refractivity contribution < 1.29 is 0 Å². The molecule has 2 aromatic heterocycles. The maximum atomic E-state index is 4.42. The van der Waals surface area contributed by atoms with Crippen molar-refractivity contribution in [2.24, 2.45) is 0 Å². The summed E-state index contributed by atoms with van der Waals surface area (Å²) < 4.78 is 0. The van der Waals surface area contributed by atoms with Gasteiger partial charge in [0.15, 0.2) is 5.82 Å². The molecule has 0 saturated heterocycles. The summed E-state index contributed by atoms with van der Waals surface area (Å²) >= 11 is 1.55. The van der Waals surface area contributed by atoms with E-state index in [0.717, 1.165) is 24.5 Å². The minimum Gasteiger partial charge on any atom is -0.311 e. The van der Waals surface area contributed by atoms with Gasteiger partial charge in [-0.05, 0) is 12.6 Å². The van der Waals surface area contributed by atoms with Crippen LogP contribution in [0, 0.1) is 0 Å². The van der Waals surface area contributed by atoms with Crippen LogP contribution >= 0.6 is 11.3 Å². The number of aromatic nitrogens is 3. The third kappa shape index (κ3) is 2.57. The van der Waals surface area contributed by atoms with Crippen LogP contribution in [0.15, 0.2) is 23.2 Å². The van der Waals surface area contributed by atoms with Gasteiger partial charge in [-0.3, -0.25) is 0 Å². The second kappa shape index (κ2) is 4.95. The summed E-state index contributed by atoms with van der Waals surface area (Å²) in [6.07, 6.45) is 1.77. The average Bonchev–Trinajstić information content (AvgIpc) is 2.80. The van der Waals surface area contributed by atoms with Crippen molar-refractivity contribution in [3.05, 3.63) is 28.8 Å². The van der Waals surface area contributed by atoms with E-state index in [1.54, 1.807) is 23.0 Å². The molecule has 4 nitrogen and oxygen atoms in total. The molecule has 0 saturated carbocycles. The minimum absolute atomic E-state index is 0.701. The molecule has 0 fully saturated rings. The van der Waals surface area contributed by atoms with E-state index < -0.39 is 0 Å². The highest BCUT2D eigenvalue weighted by Gasteiger charge is 2.03. The summed E-state index contributed by atoms with van der Waals surface area (Å²) in [4.78, 5) is 12.8. The molecule has 0 amide bonds. The molecule has 0 aliphatic heterocycles. The van der Waals surface area contributed by atoms with E-state index in [1.807, 2.05) is 11.4 Å². The van der Waals surface area contributed by atoms with E-state index in [9.17, 15) is 0 Å². The van der Waals surface area contributed by atoms with Gasteiger partial charge in [0.05, 0.1) is 11.2 Å². The van der Waals surface area contributed by atoms with Gasteiger partial charge in [0.1, 0.15) is 5.69 Å². The zero-order valence-corrected chi connectivity index (χ0v) is 9.29. The Morgan fingerprint density at radius 3 is 3.07 bits per heavy atom. The highest BCUT2D eigenvalue weighted by molar-refractivity contribution is 7.07. The molecule has 1 N–H and O–H groups in total. The largest absolute Gasteiger partial charge is 0.311 e. The second-order valence-electron chi connectivity index (χ2n) is 3.03. The number of hydrogen-bond donors (Lipinski definition) is 1. The van der Waals surface area contributed by atoms with Crippen LogP contribution in [0.4, 0.5) is 0 Å². The van der Waals surface area contributed by atoms with E-state index in [4.69, 9.17) is 0 Å². The summed E-state index contributed by atoms with van der Waals surface area (Å²) in [6.45, 7) is 3.79. The molecule has 0 radical (unpaired) electrons. The maximum absolute atomic E-state index is 4.42. The highest BCUT2D eigenvalue weighted by Crippen LogP contribution is 2.13. The van der Waals surface area contributed by atoms with Crippen LogP contribution < -0.4 is 5.32 Å². The van der Waals surface area contributed by atoms with Crippen LogP contribution in [-0.2, 0) is 6.54 Å². The molecule has 5 heteroatoms. The molecule has 2 rings (SSSR count). The first-order valence-corrected chi connectivity index (χ1v) is 5.75. The zero-order chi connectivity index (χ0) is 10.5. The van der Waals surface area contributed by atoms with Crippen molar-refractivity contribution in [1.82, 2.24) is 20.3 Å². The van der Waals surface area contributed by atoms with Crippen LogP contribution in [0.1, 0.15) is 12.6 Å². The van der Waals surface area contributed by atoms with E-state index in [2.05, 4.69) is 27.2 Å². The Bertz CT molecular complexity index is 413. The summed E-state index contributed by atoms with van der Waals surface area (Å²) in [5, 5.41) is 5.18. The fourth-order valence-electron chi connectivity index (χ4n) is 1.19. The van der Waals surface area contributed by atoms with Crippen LogP contribution in [0.2, 0.25) is 0 Å². The van der Waals surface area contributed by atoms with Crippen LogP contribution in [-0.4, -0.2) is 21.5 Å². The monoisotopic (exact) mass is 220 g/mol. The Morgan fingerprint density at radius 1 is 1.40 bits per heavy atom. The normalized spacial score (nSPS) is 10.5. The van der Waals surface area contributed by atoms with Crippen molar-refractivity contribution in [3.63, 3.8) is 0 Å². The summed E-state index contributed by atoms with van der Waals surface area (Å²) in [7, 11) is 0. The predicted molar refractivity (Wildman–Crippen MR) is 60.5 cm³/mol. The standard InChI is InChI=1S/C10H12N4S/c1-2-11-5-8-3-4-12-10(14-8)9-6-15-7-13-9/h3-4,6-7,11H,2,5H2,1H3. The Balaban J connectivity index is 2.19. The third-order valence-electron chi connectivity index (χ3n) is 1.93. The molecule has 0 unspecified atom stereocenters. The molecule has 0 spiro atoms. The number of hydrogen-bond acceptors (Lipinski definition) is 5. The second-order valence-corrected chi connectivity index (χ2v) is 3.74. The first-order chi connectivity index (χ1) is 7.40. The summed E-state index contributed by atoms with van der Waals surface area (Å²) in [5.41, 5.74) is 3.63. The van der Waals surface area contributed by atoms with Gasteiger partial charge >= 0.3 is 0 Å². The zero-order valence-electron chi connectivity index (χ0n) is 8.47. The van der Waals surface area contributed by atoms with Gasteiger partial charge in [0.2, 0.25) is 0 Å². The number of nitrogens with zero attached hydrogens (tertiary/aromatic N) is 3. The van der Waals surface area contributed by atoms with E-state index in [-0.39, 0.29) is 0 Å². The molecule has 78 valence electrons. The van der Waals surface area contributed by atoms with Crippen LogP contribution in [0.5, 0.6) is 0 Å². The van der Waals surface area contributed by atoms with Crippen molar-refractivity contribution in [1.29, 1.82) is 0 Å². The van der Waals surface area contributed by atoms with Gasteiger partial charge < -0.3 is 5.32 Å². The van der Waals surface area contributed by atoms with Gasteiger partial charge in [0.25, 0.3) is 0 Å². The first kappa shape index (κ1) is 10.2. The molecular formula is C10H12N4S. The Morgan fingerprint density at radius 2 is 2.33 bits per heavy atom. The molecule has 0 atom stereocenters. The van der Waals surface area contributed by atoms with Gasteiger partial charge in [-0.15, -0.1) is 11.3 Å². The summed E-state index contributed by atoms with van der Waals surface area (Å²) in [5.74, 6) is 0.701. The molecule has 0 aromatic carbocycles. The van der Waals surface area contributed by atoms with Crippen molar-refractivity contribution in [2.45, 2.75) is 13.5 Å². The summed E-state index contributed by atoms with van der Waals surface area (Å²) in [6, 6.07) is 1.92. The van der Waals surface area contributed by atoms with E-state index >= 15 is 0 Å². The quantitative estimate of drug-likeness (QED) is 0.852. The lowest BCUT2D eigenvalue weighted by Crippen LogP contribution is -2.13. The van der Waals surface area contributed by atoms with Crippen LogP contribution in [0.3, 0.4) is 0 Å². The van der Waals surface area contributed by atoms with E-state index in [1.165, 1.54) is 0 Å². The lowest BCUT2D eigenvalue weighted by Gasteiger charge is -2.02. The predicted octanol–water partition coefficient (Wildman–Crippen LogP) is 1.71. The van der Waals surface area contributed by atoms with Gasteiger partial charge in [-0.1, -0.05) is 6.92 Å². The Labute approximate surface area is 92.4 Å². The maximum Gasteiger partial charge on any atom is 0.179 e. The van der Waals surface area contributed by atoms with Crippen LogP contribution in [0.25, 0.3) is 11.5 Å². The fourth-order valence-corrected chi connectivity index (χ4v) is 1.72. The molecule has 2 heterocycles. The van der Waals surface area contributed by atoms with E-state index in [0.29, 0.717) is 5.82 Å². The van der Waals surface area contributed by atoms with Crippen molar-refractivity contribution in [3.8, 4) is 11.5 Å².